The van der Waals surface area contributed by atoms with Crippen molar-refractivity contribution >= 4 is 5.78 Å². The average Bonchev–Trinajstić information content (AvgIpc) is 2.64. The second-order valence-corrected chi connectivity index (χ2v) is 4.77. The van der Waals surface area contributed by atoms with Crippen molar-refractivity contribution in [3.8, 4) is 11.5 Å². The van der Waals surface area contributed by atoms with Gasteiger partial charge in [0.2, 0.25) is 0 Å². The molecule has 0 heterocycles. The van der Waals surface area contributed by atoms with Crippen molar-refractivity contribution in [2.24, 2.45) is 5.92 Å². The monoisotopic (exact) mass is 234 g/mol. The lowest BCUT2D eigenvalue weighted by Gasteiger charge is -2.16. The number of fused-ring (bicyclic) bond motifs is 1. The van der Waals surface area contributed by atoms with Gasteiger partial charge in [-0.15, -0.1) is 0 Å². The van der Waals surface area contributed by atoms with Gasteiger partial charge in [-0.2, -0.15) is 0 Å². The molecule has 3 heteroatoms. The molecule has 92 valence electrons. The van der Waals surface area contributed by atoms with Crippen molar-refractivity contribution in [2.45, 2.75) is 26.2 Å². The van der Waals surface area contributed by atoms with Crippen molar-refractivity contribution in [1.82, 2.24) is 0 Å². The van der Waals surface area contributed by atoms with Gasteiger partial charge in [0.15, 0.2) is 17.3 Å². The molecule has 0 spiro atoms. The molecule has 0 saturated heterocycles. The second kappa shape index (κ2) is 4.40. The first-order chi connectivity index (χ1) is 8.08. The summed E-state index contributed by atoms with van der Waals surface area (Å²) >= 11 is 0. The van der Waals surface area contributed by atoms with Crippen LogP contribution < -0.4 is 9.47 Å². The molecule has 2 rings (SSSR count). The maximum absolute atomic E-state index is 12.0. The summed E-state index contributed by atoms with van der Waals surface area (Å²) in [7, 11) is 3.20. The zero-order chi connectivity index (χ0) is 12.6. The Morgan fingerprint density at radius 3 is 2.29 bits per heavy atom. The van der Waals surface area contributed by atoms with E-state index >= 15 is 0 Å². The van der Waals surface area contributed by atoms with E-state index in [9.17, 15) is 4.79 Å². The van der Waals surface area contributed by atoms with Crippen LogP contribution in [0.25, 0.3) is 0 Å². The number of Topliss-reactive ketones (excluding diaryl/α,β-unsaturated/α-hetero) is 1. The molecular formula is C14H18O3. The predicted molar refractivity (Wildman–Crippen MR) is 66.1 cm³/mol. The van der Waals surface area contributed by atoms with Crippen molar-refractivity contribution in [1.29, 1.82) is 0 Å². The standard InChI is InChI=1S/C14H18O3/c1-8(2)9-5-12(15)11-7-14(17-4)13(16-3)6-10(9)11/h6-9H,5H2,1-4H3. The first kappa shape index (κ1) is 12.0. The third kappa shape index (κ3) is 1.90. The fourth-order valence-corrected chi connectivity index (χ4v) is 2.46. The smallest absolute Gasteiger partial charge is 0.163 e. The first-order valence-corrected chi connectivity index (χ1v) is 5.87. The van der Waals surface area contributed by atoms with Gasteiger partial charge >= 0.3 is 0 Å². The zero-order valence-corrected chi connectivity index (χ0v) is 10.7. The maximum Gasteiger partial charge on any atom is 0.163 e. The van der Waals surface area contributed by atoms with E-state index in [1.807, 2.05) is 6.07 Å². The van der Waals surface area contributed by atoms with Crippen LogP contribution >= 0.6 is 0 Å². The molecule has 0 N–H and O–H groups in total. The van der Waals surface area contributed by atoms with Crippen LogP contribution in [0.5, 0.6) is 11.5 Å². The molecule has 0 bridgehead atoms. The minimum Gasteiger partial charge on any atom is -0.493 e. The highest BCUT2D eigenvalue weighted by Gasteiger charge is 2.32. The second-order valence-electron chi connectivity index (χ2n) is 4.77. The van der Waals surface area contributed by atoms with Crippen LogP contribution in [-0.2, 0) is 0 Å². The molecule has 0 fully saturated rings. The number of ketones is 1. The summed E-state index contributed by atoms with van der Waals surface area (Å²) in [6.07, 6.45) is 0.601. The summed E-state index contributed by atoms with van der Waals surface area (Å²) in [5.74, 6) is 2.30. The first-order valence-electron chi connectivity index (χ1n) is 5.87. The van der Waals surface area contributed by atoms with E-state index in [-0.39, 0.29) is 5.78 Å². The molecule has 0 aliphatic heterocycles. The van der Waals surface area contributed by atoms with Gasteiger partial charge in [-0.25, -0.2) is 0 Å². The van der Waals surface area contributed by atoms with Crippen LogP contribution in [0.3, 0.4) is 0 Å². The van der Waals surface area contributed by atoms with E-state index in [0.29, 0.717) is 29.8 Å². The number of carbonyl (C=O) groups is 1. The highest BCUT2D eigenvalue weighted by Crippen LogP contribution is 2.43. The Morgan fingerprint density at radius 2 is 1.76 bits per heavy atom. The van der Waals surface area contributed by atoms with Crippen molar-refractivity contribution < 1.29 is 14.3 Å². The van der Waals surface area contributed by atoms with Gasteiger partial charge in [0.05, 0.1) is 14.2 Å². The fourth-order valence-electron chi connectivity index (χ4n) is 2.46. The van der Waals surface area contributed by atoms with Gasteiger partial charge in [0.25, 0.3) is 0 Å². The Morgan fingerprint density at radius 1 is 1.18 bits per heavy atom. The van der Waals surface area contributed by atoms with Crippen LogP contribution in [0.1, 0.15) is 42.1 Å². The number of hydrogen-bond acceptors (Lipinski definition) is 3. The number of rotatable bonds is 3. The van der Waals surface area contributed by atoms with E-state index in [0.717, 1.165) is 11.1 Å². The normalized spacial score (nSPS) is 18.4. The molecule has 0 radical (unpaired) electrons. The molecule has 1 aromatic rings. The summed E-state index contributed by atoms with van der Waals surface area (Å²) in [5, 5.41) is 0. The molecule has 1 unspecified atom stereocenters. The Kier molecular flexibility index (Phi) is 3.09. The average molecular weight is 234 g/mol. The number of carbonyl (C=O) groups excluding carboxylic acids is 1. The van der Waals surface area contributed by atoms with Gasteiger partial charge in [-0.1, -0.05) is 13.8 Å². The molecule has 1 aliphatic rings. The molecule has 0 aromatic heterocycles. The summed E-state index contributed by atoms with van der Waals surface area (Å²) in [5.41, 5.74) is 1.89. The highest BCUT2D eigenvalue weighted by molar-refractivity contribution is 6.02. The van der Waals surface area contributed by atoms with E-state index in [2.05, 4.69) is 13.8 Å². The lowest BCUT2D eigenvalue weighted by atomic mass is 9.90. The van der Waals surface area contributed by atoms with Crippen molar-refractivity contribution in [2.75, 3.05) is 14.2 Å². The molecule has 0 amide bonds. The highest BCUT2D eigenvalue weighted by atomic mass is 16.5. The number of hydrogen-bond donors (Lipinski definition) is 0. The van der Waals surface area contributed by atoms with E-state index in [4.69, 9.17) is 9.47 Å². The lowest BCUT2D eigenvalue weighted by Crippen LogP contribution is -2.03. The van der Waals surface area contributed by atoms with Crippen LogP contribution in [0, 0.1) is 5.92 Å². The number of benzene rings is 1. The van der Waals surface area contributed by atoms with E-state index < -0.39 is 0 Å². The Labute approximate surface area is 102 Å². The minimum atomic E-state index is 0.208. The number of ether oxygens (including phenoxy) is 2. The SMILES string of the molecule is COc1cc2c(cc1OC)C(C(C)C)CC2=O. The summed E-state index contributed by atoms with van der Waals surface area (Å²) < 4.78 is 10.5. The summed E-state index contributed by atoms with van der Waals surface area (Å²) in [6.45, 7) is 4.29. The Bertz CT molecular complexity index is 449. The van der Waals surface area contributed by atoms with Gasteiger partial charge in [0, 0.05) is 12.0 Å². The third-order valence-corrected chi connectivity index (χ3v) is 3.47. The molecule has 1 atom stereocenters. The van der Waals surface area contributed by atoms with Gasteiger partial charge < -0.3 is 9.47 Å². The van der Waals surface area contributed by atoms with Gasteiger partial charge in [-0.05, 0) is 29.5 Å². The van der Waals surface area contributed by atoms with Crippen LogP contribution in [0.2, 0.25) is 0 Å². The van der Waals surface area contributed by atoms with Crippen LogP contribution in [0.4, 0.5) is 0 Å². The lowest BCUT2D eigenvalue weighted by molar-refractivity contribution is 0.0984. The molecule has 1 aliphatic carbocycles. The Balaban J connectivity index is 2.54. The number of methoxy groups -OCH3 is 2. The molecule has 0 saturated carbocycles. The zero-order valence-electron chi connectivity index (χ0n) is 10.7. The van der Waals surface area contributed by atoms with Crippen molar-refractivity contribution in [3.05, 3.63) is 23.3 Å². The van der Waals surface area contributed by atoms with Crippen molar-refractivity contribution in [3.63, 3.8) is 0 Å². The quantitative estimate of drug-likeness (QED) is 0.806. The van der Waals surface area contributed by atoms with Gasteiger partial charge in [0.1, 0.15) is 0 Å². The van der Waals surface area contributed by atoms with E-state index in [1.54, 1.807) is 20.3 Å². The maximum atomic E-state index is 12.0. The minimum absolute atomic E-state index is 0.208. The topological polar surface area (TPSA) is 35.5 Å². The predicted octanol–water partition coefficient (Wildman–Crippen LogP) is 3.03. The van der Waals surface area contributed by atoms with Crippen LogP contribution in [-0.4, -0.2) is 20.0 Å². The van der Waals surface area contributed by atoms with E-state index in [1.165, 1.54) is 0 Å². The Hall–Kier alpha value is -1.51. The molecule has 1 aromatic carbocycles. The summed E-state index contributed by atoms with van der Waals surface area (Å²) in [4.78, 5) is 12.0. The summed E-state index contributed by atoms with van der Waals surface area (Å²) in [6, 6.07) is 3.75. The molecular weight excluding hydrogens is 216 g/mol. The van der Waals surface area contributed by atoms with Crippen LogP contribution in [0.15, 0.2) is 12.1 Å². The largest absolute Gasteiger partial charge is 0.493 e. The fraction of sp³-hybridized carbons (Fsp3) is 0.500. The van der Waals surface area contributed by atoms with Gasteiger partial charge in [-0.3, -0.25) is 4.79 Å². The molecule has 3 nitrogen and oxygen atoms in total. The third-order valence-electron chi connectivity index (χ3n) is 3.47. The molecule has 17 heavy (non-hydrogen) atoms.